The van der Waals surface area contributed by atoms with Crippen LogP contribution in [0.15, 0.2) is 41.5 Å². The largest absolute Gasteiger partial charge is 0.261 e. The van der Waals surface area contributed by atoms with E-state index in [-0.39, 0.29) is 0 Å². The molecular formula is C17H17ClN6. The van der Waals surface area contributed by atoms with Crippen molar-refractivity contribution in [2.75, 3.05) is 5.43 Å². The van der Waals surface area contributed by atoms with Crippen LogP contribution in [0.5, 0.6) is 0 Å². The Hall–Kier alpha value is -2.73. The second-order valence-corrected chi connectivity index (χ2v) is 5.89. The van der Waals surface area contributed by atoms with Crippen molar-refractivity contribution in [1.29, 1.82) is 0 Å². The van der Waals surface area contributed by atoms with Gasteiger partial charge in [-0.15, -0.1) is 0 Å². The molecule has 0 amide bonds. The third kappa shape index (κ3) is 3.78. The molecule has 1 N–H and O–H groups in total. The molecule has 0 radical (unpaired) electrons. The molecule has 0 spiro atoms. The summed E-state index contributed by atoms with van der Waals surface area (Å²) in [7, 11) is 0. The number of aryl methyl sites for hydroxylation is 3. The highest BCUT2D eigenvalue weighted by atomic mass is 35.5. The Kier molecular flexibility index (Phi) is 4.57. The maximum atomic E-state index is 5.95. The van der Waals surface area contributed by atoms with Crippen LogP contribution in [0, 0.1) is 20.8 Å². The van der Waals surface area contributed by atoms with Crippen LogP contribution in [-0.2, 0) is 0 Å². The van der Waals surface area contributed by atoms with Crippen molar-refractivity contribution in [3.8, 4) is 5.95 Å². The molecule has 0 fully saturated rings. The first-order valence-electron chi connectivity index (χ1n) is 7.45. The van der Waals surface area contributed by atoms with Crippen LogP contribution < -0.4 is 5.43 Å². The number of nitrogens with one attached hydrogen (secondary N) is 1. The molecule has 0 aliphatic carbocycles. The standard InChI is InChI=1S/C17H17ClN6/c1-11-8-16(22-19-10-14-5-4-6-15(18)9-14)21-17(20-11)24-13(3)7-12(2)23-24/h4-10H,1-3H3,(H,20,21,22)/b19-10+. The monoisotopic (exact) mass is 340 g/mol. The summed E-state index contributed by atoms with van der Waals surface area (Å²) in [6.45, 7) is 5.81. The maximum Gasteiger partial charge on any atom is 0.253 e. The van der Waals surface area contributed by atoms with Gasteiger partial charge in [-0.1, -0.05) is 23.7 Å². The molecule has 2 heterocycles. The van der Waals surface area contributed by atoms with Crippen molar-refractivity contribution in [1.82, 2.24) is 19.7 Å². The first-order valence-corrected chi connectivity index (χ1v) is 7.83. The number of hydrazone groups is 1. The zero-order valence-corrected chi connectivity index (χ0v) is 14.4. The minimum absolute atomic E-state index is 0.515. The number of hydrogen-bond acceptors (Lipinski definition) is 5. The lowest BCUT2D eigenvalue weighted by atomic mass is 10.2. The maximum absolute atomic E-state index is 5.95. The van der Waals surface area contributed by atoms with Gasteiger partial charge in [0.25, 0.3) is 5.95 Å². The predicted molar refractivity (Wildman–Crippen MR) is 96.0 cm³/mol. The molecule has 0 aliphatic rings. The van der Waals surface area contributed by atoms with Gasteiger partial charge in [0.15, 0.2) is 5.82 Å². The summed E-state index contributed by atoms with van der Waals surface area (Å²) in [5.74, 6) is 1.12. The molecule has 1 aromatic carbocycles. The second-order valence-electron chi connectivity index (χ2n) is 5.46. The van der Waals surface area contributed by atoms with Gasteiger partial charge in [0.05, 0.1) is 11.9 Å². The molecule has 2 aromatic heterocycles. The number of benzene rings is 1. The van der Waals surface area contributed by atoms with Crippen LogP contribution in [-0.4, -0.2) is 26.0 Å². The van der Waals surface area contributed by atoms with Crippen LogP contribution in [0.2, 0.25) is 5.02 Å². The highest BCUT2D eigenvalue weighted by molar-refractivity contribution is 6.30. The lowest BCUT2D eigenvalue weighted by Gasteiger charge is -2.06. The van der Waals surface area contributed by atoms with Crippen molar-refractivity contribution in [3.63, 3.8) is 0 Å². The topological polar surface area (TPSA) is 68.0 Å². The molecular weight excluding hydrogens is 324 g/mol. The number of halogens is 1. The van der Waals surface area contributed by atoms with E-state index >= 15 is 0 Å². The number of nitrogens with zero attached hydrogens (tertiary/aromatic N) is 5. The average Bonchev–Trinajstić information content (AvgIpc) is 2.85. The van der Waals surface area contributed by atoms with E-state index in [0.29, 0.717) is 16.8 Å². The highest BCUT2D eigenvalue weighted by Gasteiger charge is 2.08. The first kappa shape index (κ1) is 16.1. The smallest absolute Gasteiger partial charge is 0.253 e. The highest BCUT2D eigenvalue weighted by Crippen LogP contribution is 2.13. The number of aromatic nitrogens is 4. The molecule has 0 saturated carbocycles. The van der Waals surface area contributed by atoms with Crippen LogP contribution in [0.25, 0.3) is 5.95 Å². The number of anilines is 1. The quantitative estimate of drug-likeness (QED) is 0.581. The van der Waals surface area contributed by atoms with E-state index in [2.05, 4.69) is 25.6 Å². The van der Waals surface area contributed by atoms with Crippen LogP contribution in [0.3, 0.4) is 0 Å². The van der Waals surface area contributed by atoms with Crippen molar-refractivity contribution in [2.24, 2.45) is 5.10 Å². The van der Waals surface area contributed by atoms with Crippen molar-refractivity contribution in [2.45, 2.75) is 20.8 Å². The fourth-order valence-corrected chi connectivity index (χ4v) is 2.49. The molecule has 6 nitrogen and oxygen atoms in total. The van der Waals surface area contributed by atoms with Gasteiger partial charge in [-0.25, -0.2) is 9.67 Å². The van der Waals surface area contributed by atoms with Gasteiger partial charge in [-0.3, -0.25) is 5.43 Å². The molecule has 0 saturated heterocycles. The Balaban J connectivity index is 1.83. The van der Waals surface area contributed by atoms with E-state index in [9.17, 15) is 0 Å². The van der Waals surface area contributed by atoms with Gasteiger partial charge >= 0.3 is 0 Å². The predicted octanol–water partition coefficient (Wildman–Crippen LogP) is 3.69. The molecule has 0 aliphatic heterocycles. The fourth-order valence-electron chi connectivity index (χ4n) is 2.30. The molecule has 0 atom stereocenters. The average molecular weight is 341 g/mol. The SMILES string of the molecule is Cc1cc(N/N=C/c2cccc(Cl)c2)nc(-n2nc(C)cc2C)n1. The van der Waals surface area contributed by atoms with E-state index in [1.165, 1.54) is 0 Å². The molecule has 24 heavy (non-hydrogen) atoms. The van der Waals surface area contributed by atoms with E-state index in [0.717, 1.165) is 22.6 Å². The summed E-state index contributed by atoms with van der Waals surface area (Å²) in [5.41, 5.74) is 6.55. The minimum Gasteiger partial charge on any atom is -0.261 e. The molecule has 3 aromatic rings. The summed E-state index contributed by atoms with van der Waals surface area (Å²) < 4.78 is 1.72. The Morgan fingerprint density at radius 3 is 2.62 bits per heavy atom. The van der Waals surface area contributed by atoms with Crippen LogP contribution >= 0.6 is 11.6 Å². The number of hydrogen-bond donors (Lipinski definition) is 1. The first-order chi connectivity index (χ1) is 11.5. The Morgan fingerprint density at radius 2 is 1.92 bits per heavy atom. The number of rotatable bonds is 4. The summed E-state index contributed by atoms with van der Waals surface area (Å²) in [6.07, 6.45) is 1.69. The zero-order chi connectivity index (χ0) is 17.1. The normalized spacial score (nSPS) is 11.2. The molecule has 0 bridgehead atoms. The minimum atomic E-state index is 0.515. The van der Waals surface area contributed by atoms with Gasteiger partial charge in [0.1, 0.15) is 0 Å². The summed E-state index contributed by atoms with van der Waals surface area (Å²) in [5, 5.41) is 9.28. The van der Waals surface area contributed by atoms with E-state index in [1.807, 2.05) is 57.2 Å². The fraction of sp³-hybridized carbons (Fsp3) is 0.176. The molecule has 0 unspecified atom stereocenters. The third-order valence-electron chi connectivity index (χ3n) is 3.28. The Morgan fingerprint density at radius 1 is 1.08 bits per heavy atom. The molecule has 122 valence electrons. The van der Waals surface area contributed by atoms with Gasteiger partial charge in [-0.2, -0.15) is 15.2 Å². The summed E-state index contributed by atoms with van der Waals surface area (Å²) in [4.78, 5) is 8.90. The molecule has 7 heteroatoms. The van der Waals surface area contributed by atoms with E-state index in [4.69, 9.17) is 11.6 Å². The summed E-state index contributed by atoms with van der Waals surface area (Å²) >= 11 is 5.95. The lowest BCUT2D eigenvalue weighted by Crippen LogP contribution is -2.08. The Labute approximate surface area is 145 Å². The van der Waals surface area contributed by atoms with E-state index in [1.54, 1.807) is 10.9 Å². The van der Waals surface area contributed by atoms with Gasteiger partial charge in [0.2, 0.25) is 0 Å². The van der Waals surface area contributed by atoms with Crippen molar-refractivity contribution >= 4 is 23.6 Å². The Bertz CT molecular complexity index is 900. The summed E-state index contributed by atoms with van der Waals surface area (Å²) in [6, 6.07) is 11.3. The van der Waals surface area contributed by atoms with Gasteiger partial charge < -0.3 is 0 Å². The van der Waals surface area contributed by atoms with Gasteiger partial charge in [0, 0.05) is 22.5 Å². The van der Waals surface area contributed by atoms with Crippen molar-refractivity contribution in [3.05, 3.63) is 64.1 Å². The van der Waals surface area contributed by atoms with Gasteiger partial charge in [-0.05, 0) is 44.5 Å². The van der Waals surface area contributed by atoms with Crippen LogP contribution in [0.4, 0.5) is 5.82 Å². The second kappa shape index (κ2) is 6.80. The lowest BCUT2D eigenvalue weighted by molar-refractivity contribution is 0.769. The zero-order valence-electron chi connectivity index (χ0n) is 13.7. The van der Waals surface area contributed by atoms with E-state index < -0.39 is 0 Å². The molecule has 3 rings (SSSR count). The van der Waals surface area contributed by atoms with Crippen molar-refractivity contribution < 1.29 is 0 Å². The third-order valence-corrected chi connectivity index (χ3v) is 3.52. The van der Waals surface area contributed by atoms with Crippen LogP contribution in [0.1, 0.15) is 22.6 Å².